The highest BCUT2D eigenvalue weighted by molar-refractivity contribution is 5.69. The maximum atomic E-state index is 12.2. The molecule has 1 atom stereocenters. The second kappa shape index (κ2) is 6.12. The van der Waals surface area contributed by atoms with Gasteiger partial charge in [-0.15, -0.1) is 0 Å². The third-order valence-corrected chi connectivity index (χ3v) is 3.92. The van der Waals surface area contributed by atoms with Gasteiger partial charge in [0.15, 0.2) is 0 Å². The first-order valence-corrected chi connectivity index (χ1v) is 7.68. The Labute approximate surface area is 117 Å². The number of ether oxygens (including phenoxy) is 1. The quantitative estimate of drug-likeness (QED) is 0.772. The first kappa shape index (κ1) is 14.6. The Morgan fingerprint density at radius 3 is 2.42 bits per heavy atom. The molecule has 2 rings (SSSR count). The van der Waals surface area contributed by atoms with Crippen molar-refractivity contribution >= 4 is 6.09 Å². The zero-order valence-electron chi connectivity index (χ0n) is 12.7. The molecule has 0 spiro atoms. The zero-order chi connectivity index (χ0) is 13.9. The fraction of sp³-hybridized carbons (Fsp3) is 0.933. The maximum Gasteiger partial charge on any atom is 0.410 e. The third-order valence-electron chi connectivity index (χ3n) is 3.92. The molecular formula is C15H28N2O2. The minimum Gasteiger partial charge on any atom is -0.444 e. The molecule has 110 valence electrons. The van der Waals surface area contributed by atoms with Gasteiger partial charge in [0.25, 0.3) is 0 Å². The van der Waals surface area contributed by atoms with Crippen LogP contribution in [0.2, 0.25) is 0 Å². The van der Waals surface area contributed by atoms with Crippen LogP contribution >= 0.6 is 0 Å². The monoisotopic (exact) mass is 268 g/mol. The minimum absolute atomic E-state index is 0.132. The second-order valence-corrected chi connectivity index (χ2v) is 6.83. The van der Waals surface area contributed by atoms with Gasteiger partial charge in [-0.3, -0.25) is 0 Å². The van der Waals surface area contributed by atoms with Crippen molar-refractivity contribution in [2.75, 3.05) is 26.2 Å². The van der Waals surface area contributed by atoms with Crippen LogP contribution in [0.25, 0.3) is 0 Å². The highest BCUT2D eigenvalue weighted by atomic mass is 16.6. The molecule has 2 saturated heterocycles. The molecular weight excluding hydrogens is 240 g/mol. The van der Waals surface area contributed by atoms with E-state index in [1.54, 1.807) is 0 Å². The fourth-order valence-corrected chi connectivity index (χ4v) is 3.03. The van der Waals surface area contributed by atoms with E-state index in [0.29, 0.717) is 6.04 Å². The summed E-state index contributed by atoms with van der Waals surface area (Å²) in [5.41, 5.74) is -0.394. The van der Waals surface area contributed by atoms with Crippen molar-refractivity contribution in [3.05, 3.63) is 0 Å². The van der Waals surface area contributed by atoms with E-state index in [0.717, 1.165) is 25.9 Å². The molecule has 2 fully saturated rings. The van der Waals surface area contributed by atoms with Crippen molar-refractivity contribution in [1.29, 1.82) is 0 Å². The Balaban J connectivity index is 1.87. The maximum absolute atomic E-state index is 12.2. The van der Waals surface area contributed by atoms with Gasteiger partial charge >= 0.3 is 6.09 Å². The molecule has 0 saturated carbocycles. The van der Waals surface area contributed by atoms with E-state index in [9.17, 15) is 4.79 Å². The predicted octanol–water partition coefficient (Wildman–Crippen LogP) is 2.87. The summed E-state index contributed by atoms with van der Waals surface area (Å²) in [4.78, 5) is 16.7. The van der Waals surface area contributed by atoms with Crippen molar-refractivity contribution in [3.63, 3.8) is 0 Å². The highest BCUT2D eigenvalue weighted by Crippen LogP contribution is 2.22. The largest absolute Gasteiger partial charge is 0.444 e. The average Bonchev–Trinajstić information content (AvgIpc) is 2.76. The first-order chi connectivity index (χ1) is 8.96. The summed E-state index contributed by atoms with van der Waals surface area (Å²) in [7, 11) is 0. The van der Waals surface area contributed by atoms with E-state index >= 15 is 0 Å². The molecule has 4 heteroatoms. The van der Waals surface area contributed by atoms with Gasteiger partial charge in [-0.1, -0.05) is 6.42 Å². The van der Waals surface area contributed by atoms with Crippen LogP contribution in [0.4, 0.5) is 4.79 Å². The van der Waals surface area contributed by atoms with E-state index in [1.165, 1.54) is 32.4 Å². The van der Waals surface area contributed by atoms with Gasteiger partial charge in [0.05, 0.1) is 0 Å². The molecule has 0 aromatic heterocycles. The molecule has 0 unspecified atom stereocenters. The summed E-state index contributed by atoms with van der Waals surface area (Å²) in [5.74, 6) is 0. The normalized spacial score (nSPS) is 25.6. The highest BCUT2D eigenvalue weighted by Gasteiger charge is 2.33. The van der Waals surface area contributed by atoms with Crippen LogP contribution in [0.15, 0.2) is 0 Å². The summed E-state index contributed by atoms with van der Waals surface area (Å²) >= 11 is 0. The van der Waals surface area contributed by atoms with E-state index in [1.807, 2.05) is 25.7 Å². The summed E-state index contributed by atoms with van der Waals surface area (Å²) in [6.07, 6.45) is 6.06. The van der Waals surface area contributed by atoms with Crippen molar-refractivity contribution in [3.8, 4) is 0 Å². The van der Waals surface area contributed by atoms with Crippen molar-refractivity contribution < 1.29 is 9.53 Å². The molecule has 2 aliphatic heterocycles. The number of amides is 1. The lowest BCUT2D eigenvalue weighted by atomic mass is 10.1. The van der Waals surface area contributed by atoms with Gasteiger partial charge in [0.1, 0.15) is 5.60 Å². The molecule has 0 aromatic rings. The van der Waals surface area contributed by atoms with Crippen molar-refractivity contribution in [1.82, 2.24) is 9.80 Å². The standard InChI is InChI=1S/C15H28N2O2/c1-15(2,3)19-14(18)17-11-7-8-13(17)12-16-9-5-4-6-10-16/h13H,4-12H2,1-3H3/t13-/m1/s1. The first-order valence-electron chi connectivity index (χ1n) is 7.68. The van der Waals surface area contributed by atoms with E-state index < -0.39 is 5.60 Å². The number of rotatable bonds is 2. The minimum atomic E-state index is -0.394. The summed E-state index contributed by atoms with van der Waals surface area (Å²) in [6, 6.07) is 0.355. The average molecular weight is 268 g/mol. The third kappa shape index (κ3) is 4.37. The van der Waals surface area contributed by atoms with Gasteiger partial charge in [-0.25, -0.2) is 4.79 Å². The van der Waals surface area contributed by atoms with Crippen LogP contribution < -0.4 is 0 Å². The number of hydrogen-bond donors (Lipinski definition) is 0. The number of carbonyl (C=O) groups excluding carboxylic acids is 1. The lowest BCUT2D eigenvalue weighted by Gasteiger charge is -2.33. The molecule has 2 heterocycles. The van der Waals surface area contributed by atoms with E-state index in [4.69, 9.17) is 4.74 Å². The van der Waals surface area contributed by atoms with Crippen LogP contribution in [0, 0.1) is 0 Å². The number of nitrogens with zero attached hydrogens (tertiary/aromatic N) is 2. The lowest BCUT2D eigenvalue weighted by molar-refractivity contribution is 0.0191. The van der Waals surface area contributed by atoms with Gasteiger partial charge < -0.3 is 14.5 Å². The summed E-state index contributed by atoms with van der Waals surface area (Å²) in [5, 5.41) is 0. The Kier molecular flexibility index (Phi) is 4.71. The number of hydrogen-bond acceptors (Lipinski definition) is 3. The fourth-order valence-electron chi connectivity index (χ4n) is 3.03. The lowest BCUT2D eigenvalue weighted by Crippen LogP contribution is -2.46. The van der Waals surface area contributed by atoms with Crippen LogP contribution in [0.1, 0.15) is 52.9 Å². The number of piperidine rings is 1. The van der Waals surface area contributed by atoms with Gasteiger partial charge in [-0.05, 0) is 59.5 Å². The van der Waals surface area contributed by atoms with Crippen LogP contribution in [-0.2, 0) is 4.74 Å². The number of carbonyl (C=O) groups is 1. The Hall–Kier alpha value is -0.770. The summed E-state index contributed by atoms with van der Waals surface area (Å²) < 4.78 is 5.51. The number of likely N-dealkylation sites (tertiary alicyclic amines) is 2. The van der Waals surface area contributed by atoms with Crippen LogP contribution in [0.3, 0.4) is 0 Å². The second-order valence-electron chi connectivity index (χ2n) is 6.83. The van der Waals surface area contributed by atoms with E-state index in [2.05, 4.69) is 4.90 Å². The van der Waals surface area contributed by atoms with Crippen LogP contribution in [0.5, 0.6) is 0 Å². The van der Waals surface area contributed by atoms with Gasteiger partial charge in [0, 0.05) is 19.1 Å². The Bertz CT molecular complexity index is 306. The Morgan fingerprint density at radius 2 is 1.79 bits per heavy atom. The molecule has 0 aromatic carbocycles. The molecule has 1 amide bonds. The predicted molar refractivity (Wildman–Crippen MR) is 76.3 cm³/mol. The molecule has 2 aliphatic rings. The van der Waals surface area contributed by atoms with E-state index in [-0.39, 0.29) is 6.09 Å². The van der Waals surface area contributed by atoms with Crippen molar-refractivity contribution in [2.45, 2.75) is 64.5 Å². The van der Waals surface area contributed by atoms with Gasteiger partial charge in [0.2, 0.25) is 0 Å². The van der Waals surface area contributed by atoms with Crippen molar-refractivity contribution in [2.24, 2.45) is 0 Å². The van der Waals surface area contributed by atoms with Crippen LogP contribution in [-0.4, -0.2) is 53.7 Å². The topological polar surface area (TPSA) is 32.8 Å². The molecule has 0 radical (unpaired) electrons. The molecule has 4 nitrogen and oxygen atoms in total. The summed E-state index contributed by atoms with van der Waals surface area (Å²) in [6.45, 7) is 10.1. The van der Waals surface area contributed by atoms with Gasteiger partial charge in [-0.2, -0.15) is 0 Å². The SMILES string of the molecule is CC(C)(C)OC(=O)N1CCC[C@@H]1CN1CCCCC1. The molecule has 0 N–H and O–H groups in total. The molecule has 0 bridgehead atoms. The Morgan fingerprint density at radius 1 is 1.11 bits per heavy atom. The molecule has 0 aliphatic carbocycles. The zero-order valence-corrected chi connectivity index (χ0v) is 12.7. The smallest absolute Gasteiger partial charge is 0.410 e. The molecule has 19 heavy (non-hydrogen) atoms.